The SMILES string of the molecule is O=C(O)C(CCc1ccccc1)N1Cc2ccccc2C1=O. The molecule has 2 aromatic carbocycles. The van der Waals surface area contributed by atoms with Crippen LogP contribution < -0.4 is 0 Å². The highest BCUT2D eigenvalue weighted by molar-refractivity contribution is 6.00. The monoisotopic (exact) mass is 295 g/mol. The third-order valence-electron chi connectivity index (χ3n) is 4.06. The van der Waals surface area contributed by atoms with Gasteiger partial charge < -0.3 is 10.0 Å². The number of hydrogen-bond donors (Lipinski definition) is 1. The summed E-state index contributed by atoms with van der Waals surface area (Å²) in [5, 5.41) is 9.51. The fourth-order valence-electron chi connectivity index (χ4n) is 2.89. The van der Waals surface area contributed by atoms with Gasteiger partial charge in [-0.1, -0.05) is 48.5 Å². The van der Waals surface area contributed by atoms with E-state index in [0.29, 0.717) is 24.9 Å². The summed E-state index contributed by atoms with van der Waals surface area (Å²) in [6.45, 7) is 0.376. The summed E-state index contributed by atoms with van der Waals surface area (Å²) >= 11 is 0. The Bertz CT molecular complexity index is 696. The van der Waals surface area contributed by atoms with Crippen LogP contribution in [0.4, 0.5) is 0 Å². The van der Waals surface area contributed by atoms with Gasteiger partial charge in [-0.15, -0.1) is 0 Å². The van der Waals surface area contributed by atoms with E-state index in [9.17, 15) is 14.7 Å². The molecule has 1 amide bonds. The quantitative estimate of drug-likeness (QED) is 0.922. The third-order valence-corrected chi connectivity index (χ3v) is 4.06. The number of carbonyl (C=O) groups excluding carboxylic acids is 1. The summed E-state index contributed by atoms with van der Waals surface area (Å²) in [6, 6.07) is 16.3. The van der Waals surface area contributed by atoms with E-state index < -0.39 is 12.0 Å². The average Bonchev–Trinajstić information content (AvgIpc) is 2.86. The van der Waals surface area contributed by atoms with E-state index in [2.05, 4.69) is 0 Å². The highest BCUT2D eigenvalue weighted by Gasteiger charge is 2.35. The fraction of sp³-hybridized carbons (Fsp3) is 0.222. The molecule has 4 nitrogen and oxygen atoms in total. The molecular weight excluding hydrogens is 278 g/mol. The van der Waals surface area contributed by atoms with Gasteiger partial charge in [0.2, 0.25) is 0 Å². The molecule has 2 aromatic rings. The largest absolute Gasteiger partial charge is 0.480 e. The minimum absolute atomic E-state index is 0.184. The number of nitrogens with zero attached hydrogens (tertiary/aromatic N) is 1. The first-order valence-electron chi connectivity index (χ1n) is 7.32. The van der Waals surface area contributed by atoms with Gasteiger partial charge in [-0.25, -0.2) is 4.79 Å². The Kier molecular flexibility index (Phi) is 3.92. The van der Waals surface area contributed by atoms with Crippen LogP contribution >= 0.6 is 0 Å². The van der Waals surface area contributed by atoms with Crippen LogP contribution in [0.2, 0.25) is 0 Å². The number of amides is 1. The molecule has 0 spiro atoms. The Morgan fingerprint density at radius 1 is 1.09 bits per heavy atom. The van der Waals surface area contributed by atoms with E-state index in [1.165, 1.54) is 4.90 Å². The molecule has 1 heterocycles. The van der Waals surface area contributed by atoms with Gasteiger partial charge in [0.15, 0.2) is 0 Å². The summed E-state index contributed by atoms with van der Waals surface area (Å²) in [6.07, 6.45) is 1.05. The second-order valence-corrected chi connectivity index (χ2v) is 5.47. The molecule has 0 radical (unpaired) electrons. The number of aryl methyl sites for hydroxylation is 1. The van der Waals surface area contributed by atoms with Crippen LogP contribution in [0.1, 0.15) is 27.9 Å². The summed E-state index contributed by atoms with van der Waals surface area (Å²) in [5.41, 5.74) is 2.60. The summed E-state index contributed by atoms with van der Waals surface area (Å²) in [4.78, 5) is 25.5. The number of rotatable bonds is 5. The van der Waals surface area contributed by atoms with Crippen LogP contribution in [-0.4, -0.2) is 27.9 Å². The molecule has 1 aliphatic heterocycles. The van der Waals surface area contributed by atoms with Gasteiger partial charge in [-0.05, 0) is 30.0 Å². The van der Waals surface area contributed by atoms with Gasteiger partial charge >= 0.3 is 5.97 Å². The zero-order valence-corrected chi connectivity index (χ0v) is 12.1. The van der Waals surface area contributed by atoms with Crippen molar-refractivity contribution < 1.29 is 14.7 Å². The number of carboxylic acids is 1. The van der Waals surface area contributed by atoms with E-state index in [0.717, 1.165) is 11.1 Å². The highest BCUT2D eigenvalue weighted by atomic mass is 16.4. The summed E-state index contributed by atoms with van der Waals surface area (Å²) in [7, 11) is 0. The molecule has 0 aromatic heterocycles. The van der Waals surface area contributed by atoms with Gasteiger partial charge in [0.25, 0.3) is 5.91 Å². The van der Waals surface area contributed by atoms with Crippen LogP contribution in [0.5, 0.6) is 0 Å². The summed E-state index contributed by atoms with van der Waals surface area (Å²) < 4.78 is 0. The smallest absolute Gasteiger partial charge is 0.326 e. The second kappa shape index (κ2) is 6.02. The maximum Gasteiger partial charge on any atom is 0.326 e. The minimum atomic E-state index is -0.947. The molecule has 1 atom stereocenters. The molecule has 1 unspecified atom stereocenters. The van der Waals surface area contributed by atoms with Crippen molar-refractivity contribution in [2.45, 2.75) is 25.4 Å². The Balaban J connectivity index is 1.76. The van der Waals surface area contributed by atoms with E-state index in [4.69, 9.17) is 0 Å². The normalized spacial score (nSPS) is 14.7. The van der Waals surface area contributed by atoms with Gasteiger partial charge in [0, 0.05) is 12.1 Å². The fourth-order valence-corrected chi connectivity index (χ4v) is 2.89. The van der Waals surface area contributed by atoms with E-state index in [1.54, 1.807) is 12.1 Å². The minimum Gasteiger partial charge on any atom is -0.480 e. The van der Waals surface area contributed by atoms with Gasteiger partial charge in [-0.3, -0.25) is 4.79 Å². The van der Waals surface area contributed by atoms with Crippen molar-refractivity contribution in [3.05, 3.63) is 71.3 Å². The molecule has 112 valence electrons. The molecular formula is C18H17NO3. The topological polar surface area (TPSA) is 57.6 Å². The molecule has 0 bridgehead atoms. The molecule has 22 heavy (non-hydrogen) atoms. The van der Waals surface area contributed by atoms with Gasteiger partial charge in [-0.2, -0.15) is 0 Å². The van der Waals surface area contributed by atoms with Crippen molar-refractivity contribution >= 4 is 11.9 Å². The van der Waals surface area contributed by atoms with Crippen molar-refractivity contribution in [2.24, 2.45) is 0 Å². The Morgan fingerprint density at radius 2 is 1.77 bits per heavy atom. The van der Waals surface area contributed by atoms with Crippen molar-refractivity contribution in [2.75, 3.05) is 0 Å². The molecule has 0 saturated heterocycles. The van der Waals surface area contributed by atoms with Crippen molar-refractivity contribution in [1.29, 1.82) is 0 Å². The third kappa shape index (κ3) is 2.72. The lowest BCUT2D eigenvalue weighted by molar-refractivity contribution is -0.142. The first-order chi connectivity index (χ1) is 10.7. The number of fused-ring (bicyclic) bond motifs is 1. The van der Waals surface area contributed by atoms with Crippen molar-refractivity contribution in [1.82, 2.24) is 4.90 Å². The standard InChI is InChI=1S/C18H17NO3/c20-17-15-9-5-4-8-14(15)12-19(17)16(18(21)22)11-10-13-6-2-1-3-7-13/h1-9,16H,10-12H2,(H,21,22). The van der Waals surface area contributed by atoms with Crippen LogP contribution in [0.3, 0.4) is 0 Å². The van der Waals surface area contributed by atoms with Crippen LogP contribution in [0.15, 0.2) is 54.6 Å². The lowest BCUT2D eigenvalue weighted by Crippen LogP contribution is -2.41. The first-order valence-corrected chi connectivity index (χ1v) is 7.32. The zero-order chi connectivity index (χ0) is 15.5. The molecule has 0 aliphatic carbocycles. The number of aliphatic carboxylic acids is 1. The molecule has 0 saturated carbocycles. The van der Waals surface area contributed by atoms with Crippen LogP contribution in [0, 0.1) is 0 Å². The predicted molar refractivity (Wildman–Crippen MR) is 82.5 cm³/mol. The number of benzene rings is 2. The highest BCUT2D eigenvalue weighted by Crippen LogP contribution is 2.26. The van der Waals surface area contributed by atoms with Crippen molar-refractivity contribution in [3.63, 3.8) is 0 Å². The number of carboxylic acid groups (broad SMARTS) is 1. The molecule has 1 aliphatic rings. The maximum atomic E-state index is 12.4. The van der Waals surface area contributed by atoms with Crippen molar-refractivity contribution in [3.8, 4) is 0 Å². The Hall–Kier alpha value is -2.62. The van der Waals surface area contributed by atoms with Crippen LogP contribution in [-0.2, 0) is 17.8 Å². The second-order valence-electron chi connectivity index (χ2n) is 5.47. The lowest BCUT2D eigenvalue weighted by atomic mass is 10.0. The predicted octanol–water partition coefficient (Wildman–Crippen LogP) is 2.73. The van der Waals surface area contributed by atoms with Gasteiger partial charge in [0.1, 0.15) is 6.04 Å². The lowest BCUT2D eigenvalue weighted by Gasteiger charge is -2.24. The number of hydrogen-bond acceptors (Lipinski definition) is 2. The average molecular weight is 295 g/mol. The van der Waals surface area contributed by atoms with E-state index in [-0.39, 0.29) is 5.91 Å². The van der Waals surface area contributed by atoms with E-state index in [1.807, 2.05) is 42.5 Å². The molecule has 3 rings (SSSR count). The van der Waals surface area contributed by atoms with E-state index >= 15 is 0 Å². The molecule has 0 fully saturated rings. The Morgan fingerprint density at radius 3 is 2.45 bits per heavy atom. The van der Waals surface area contributed by atoms with Crippen LogP contribution in [0.25, 0.3) is 0 Å². The number of carbonyl (C=O) groups is 2. The molecule has 4 heteroatoms. The zero-order valence-electron chi connectivity index (χ0n) is 12.1. The first kappa shape index (κ1) is 14.3. The summed E-state index contributed by atoms with van der Waals surface area (Å²) in [5.74, 6) is -1.13. The van der Waals surface area contributed by atoms with Gasteiger partial charge in [0.05, 0.1) is 0 Å². The Labute approximate surface area is 129 Å². The maximum absolute atomic E-state index is 12.4. The molecule has 1 N–H and O–H groups in total.